The van der Waals surface area contributed by atoms with Crippen molar-refractivity contribution in [2.45, 2.75) is 115 Å². The fourth-order valence-electron chi connectivity index (χ4n) is 4.62. The highest BCUT2D eigenvalue weighted by Crippen LogP contribution is 2.39. The van der Waals surface area contributed by atoms with Crippen LogP contribution in [0, 0.1) is 0 Å². The van der Waals surface area contributed by atoms with Crippen LogP contribution in [0.25, 0.3) is 0 Å². The van der Waals surface area contributed by atoms with E-state index in [2.05, 4.69) is 10.6 Å². The van der Waals surface area contributed by atoms with E-state index >= 15 is 0 Å². The number of unbranched alkanes of at least 4 members (excludes halogenated alkanes) is 1. The van der Waals surface area contributed by atoms with E-state index in [0.717, 1.165) is 4.90 Å². The summed E-state index contributed by atoms with van der Waals surface area (Å²) in [6.45, 7) is 12.5. The minimum absolute atomic E-state index is 0.0384. The largest absolute Gasteiger partial charge is 0.479 e. The number of nitrogens with zero attached hydrogens (tertiary/aromatic N) is 1. The first kappa shape index (κ1) is 30.7. The quantitative estimate of drug-likeness (QED) is 0.261. The van der Waals surface area contributed by atoms with Gasteiger partial charge in [-0.1, -0.05) is 12.8 Å². The molecule has 0 aromatic carbocycles. The van der Waals surface area contributed by atoms with Gasteiger partial charge in [0, 0.05) is 19.0 Å². The molecule has 2 heterocycles. The number of hydrogen-bond donors (Lipinski definition) is 4. The lowest BCUT2D eigenvalue weighted by Gasteiger charge is -2.45. The van der Waals surface area contributed by atoms with E-state index in [-0.39, 0.29) is 32.4 Å². The highest BCUT2D eigenvalue weighted by atomic mass is 16.7. The molecule has 4 N–H and O–H groups in total. The van der Waals surface area contributed by atoms with Crippen molar-refractivity contribution in [1.82, 2.24) is 15.5 Å². The molecule has 2 aliphatic rings. The third-order valence-corrected chi connectivity index (χ3v) is 7.17. The molecule has 12 nitrogen and oxygen atoms in total. The summed E-state index contributed by atoms with van der Waals surface area (Å²) in [7, 11) is -0.419. The standard InChI is InChI=1S/C24H42BN3O9/c1-21(2,3)35-19(32)26-15-17(29)27-16-10-13-28(20(33)34)24(14-16,18(30)31)11-8-9-12-25-36-22(4,5)23(6,7)37-25/h16H,8-15H2,1-7H3,(H,26,32)(H,27,29)(H,30,31)(H,33,34)/t16-,24+/m0/s1. The Hall–Kier alpha value is -2.54. The molecule has 0 unspecified atom stereocenters. The number of aliphatic carboxylic acids is 1. The zero-order valence-corrected chi connectivity index (χ0v) is 23.0. The minimum atomic E-state index is -1.68. The van der Waals surface area contributed by atoms with E-state index < -0.39 is 59.6 Å². The number of carboxylic acids is 1. The normalized spacial score (nSPS) is 24.9. The molecular weight excluding hydrogens is 485 g/mol. The van der Waals surface area contributed by atoms with Crippen LogP contribution in [0.2, 0.25) is 6.32 Å². The molecule has 0 radical (unpaired) electrons. The zero-order valence-electron chi connectivity index (χ0n) is 23.0. The molecule has 2 fully saturated rings. The Labute approximate surface area is 218 Å². The Morgan fingerprint density at radius 2 is 1.65 bits per heavy atom. The number of ether oxygens (including phenoxy) is 1. The van der Waals surface area contributed by atoms with Gasteiger partial charge in [0.1, 0.15) is 17.7 Å². The smallest absolute Gasteiger partial charge is 0.457 e. The molecule has 3 amide bonds. The van der Waals surface area contributed by atoms with Gasteiger partial charge in [0.05, 0.1) is 11.2 Å². The van der Waals surface area contributed by atoms with Crippen molar-refractivity contribution in [2.24, 2.45) is 0 Å². The van der Waals surface area contributed by atoms with E-state index in [0.29, 0.717) is 19.2 Å². The first-order chi connectivity index (χ1) is 16.9. The maximum atomic E-state index is 12.5. The van der Waals surface area contributed by atoms with Crippen molar-refractivity contribution in [3.05, 3.63) is 0 Å². The van der Waals surface area contributed by atoms with Crippen LogP contribution in [-0.2, 0) is 23.6 Å². The molecule has 37 heavy (non-hydrogen) atoms. The molecule has 13 heteroatoms. The van der Waals surface area contributed by atoms with Crippen LogP contribution in [0.4, 0.5) is 9.59 Å². The van der Waals surface area contributed by atoms with E-state index in [1.165, 1.54) is 0 Å². The van der Waals surface area contributed by atoms with Crippen LogP contribution in [0.3, 0.4) is 0 Å². The van der Waals surface area contributed by atoms with Crippen molar-refractivity contribution in [2.75, 3.05) is 13.1 Å². The van der Waals surface area contributed by atoms with E-state index in [9.17, 15) is 29.4 Å². The lowest BCUT2D eigenvalue weighted by Crippen LogP contribution is -2.64. The monoisotopic (exact) mass is 527 g/mol. The summed E-state index contributed by atoms with van der Waals surface area (Å²) in [4.78, 5) is 49.6. The highest BCUT2D eigenvalue weighted by molar-refractivity contribution is 6.45. The molecule has 0 aromatic rings. The number of nitrogens with one attached hydrogen (secondary N) is 2. The molecule has 0 aromatic heterocycles. The van der Waals surface area contributed by atoms with Gasteiger partial charge >= 0.3 is 25.3 Å². The van der Waals surface area contributed by atoms with Gasteiger partial charge in [0.2, 0.25) is 5.91 Å². The Kier molecular flexibility index (Phi) is 9.51. The van der Waals surface area contributed by atoms with Crippen LogP contribution in [0.15, 0.2) is 0 Å². The number of carbonyl (C=O) groups is 4. The average Bonchev–Trinajstić information content (AvgIpc) is 2.94. The van der Waals surface area contributed by atoms with Gasteiger partial charge in [0.15, 0.2) is 0 Å². The Bertz CT molecular complexity index is 858. The molecule has 2 saturated heterocycles. The highest BCUT2D eigenvalue weighted by Gasteiger charge is 2.52. The third-order valence-electron chi connectivity index (χ3n) is 7.17. The fraction of sp³-hybridized carbons (Fsp3) is 0.833. The number of hydrogen-bond acceptors (Lipinski definition) is 7. The first-order valence-electron chi connectivity index (χ1n) is 12.7. The SMILES string of the molecule is CC(C)(C)OC(=O)NCC(=O)N[C@H]1CCN(C(=O)O)[C@@](CCCCB2OC(C)(C)C(C)(C)O2)(C(=O)O)C1. The lowest BCUT2D eigenvalue weighted by molar-refractivity contribution is -0.154. The number of likely N-dealkylation sites (tertiary alicyclic amines) is 1. The Morgan fingerprint density at radius 1 is 1.05 bits per heavy atom. The molecule has 0 bridgehead atoms. The van der Waals surface area contributed by atoms with Crippen LogP contribution in [0.5, 0.6) is 0 Å². The third kappa shape index (κ3) is 7.97. The average molecular weight is 527 g/mol. The van der Waals surface area contributed by atoms with Crippen molar-refractivity contribution in [1.29, 1.82) is 0 Å². The number of amides is 3. The molecule has 2 rings (SSSR count). The van der Waals surface area contributed by atoms with Gasteiger partial charge in [0.25, 0.3) is 0 Å². The zero-order chi connectivity index (χ0) is 28.2. The predicted molar refractivity (Wildman–Crippen MR) is 135 cm³/mol. The summed E-state index contributed by atoms with van der Waals surface area (Å²) in [5.74, 6) is -1.77. The second kappa shape index (κ2) is 11.5. The second-order valence-electron chi connectivity index (χ2n) is 11.8. The second-order valence-corrected chi connectivity index (χ2v) is 11.8. The fourth-order valence-corrected chi connectivity index (χ4v) is 4.62. The van der Waals surface area contributed by atoms with Crippen molar-refractivity contribution < 1.29 is 43.4 Å². The van der Waals surface area contributed by atoms with Gasteiger partial charge in [-0.05, 0) is 67.6 Å². The van der Waals surface area contributed by atoms with E-state index in [4.69, 9.17) is 14.0 Å². The summed E-state index contributed by atoms with van der Waals surface area (Å²) in [6.07, 6.45) is -0.244. The number of rotatable bonds is 9. The minimum Gasteiger partial charge on any atom is -0.479 e. The van der Waals surface area contributed by atoms with E-state index in [1.807, 2.05) is 27.7 Å². The van der Waals surface area contributed by atoms with Crippen LogP contribution >= 0.6 is 0 Å². The van der Waals surface area contributed by atoms with E-state index in [1.54, 1.807) is 20.8 Å². The van der Waals surface area contributed by atoms with Gasteiger partial charge in [-0.3, -0.25) is 9.69 Å². The number of alkyl carbamates (subject to hydrolysis) is 1. The number of carbonyl (C=O) groups excluding carboxylic acids is 2. The summed E-state index contributed by atoms with van der Waals surface area (Å²) in [6, 6.07) is -0.567. The van der Waals surface area contributed by atoms with Gasteiger partial charge in [-0.25, -0.2) is 14.4 Å². The van der Waals surface area contributed by atoms with Gasteiger partial charge < -0.3 is 34.9 Å². The number of piperidine rings is 1. The summed E-state index contributed by atoms with van der Waals surface area (Å²) < 4.78 is 17.1. The Balaban J connectivity index is 1.98. The molecular formula is C24H42BN3O9. The summed E-state index contributed by atoms with van der Waals surface area (Å²) in [5, 5.41) is 25.0. The number of carboxylic acid groups (broad SMARTS) is 2. The molecule has 0 spiro atoms. The van der Waals surface area contributed by atoms with Crippen LogP contribution in [0.1, 0.15) is 80.6 Å². The van der Waals surface area contributed by atoms with Gasteiger partial charge in [-0.15, -0.1) is 0 Å². The molecule has 0 aliphatic carbocycles. The summed E-state index contributed by atoms with van der Waals surface area (Å²) in [5.41, 5.74) is -3.33. The van der Waals surface area contributed by atoms with Crippen LogP contribution < -0.4 is 10.6 Å². The lowest BCUT2D eigenvalue weighted by atomic mass is 9.77. The van der Waals surface area contributed by atoms with Gasteiger partial charge in [-0.2, -0.15) is 0 Å². The predicted octanol–water partition coefficient (Wildman–Crippen LogP) is 2.86. The molecule has 0 saturated carbocycles. The molecule has 210 valence electrons. The van der Waals surface area contributed by atoms with Crippen LogP contribution in [-0.4, -0.2) is 87.8 Å². The Morgan fingerprint density at radius 3 is 2.16 bits per heavy atom. The maximum Gasteiger partial charge on any atom is 0.457 e. The molecule has 2 aliphatic heterocycles. The van der Waals surface area contributed by atoms with Crippen molar-refractivity contribution in [3.63, 3.8) is 0 Å². The summed E-state index contributed by atoms with van der Waals surface area (Å²) >= 11 is 0. The van der Waals surface area contributed by atoms with Crippen molar-refractivity contribution in [3.8, 4) is 0 Å². The van der Waals surface area contributed by atoms with Crippen molar-refractivity contribution >= 4 is 31.2 Å². The maximum absolute atomic E-state index is 12.5. The topological polar surface area (TPSA) is 164 Å². The molecule has 2 atom stereocenters. The first-order valence-corrected chi connectivity index (χ1v) is 12.7.